The fourth-order valence-electron chi connectivity index (χ4n) is 2.67. The first kappa shape index (κ1) is 18.8. The van der Waals surface area contributed by atoms with Crippen molar-refractivity contribution >= 4 is 0 Å². The van der Waals surface area contributed by atoms with Gasteiger partial charge in [-0.2, -0.15) is 0 Å². The molecule has 0 aliphatic carbocycles. The van der Waals surface area contributed by atoms with Gasteiger partial charge in [-0.3, -0.25) is 0 Å². The van der Waals surface area contributed by atoms with Crippen LogP contribution in [0.15, 0.2) is 61.7 Å². The number of benzene rings is 2. The summed E-state index contributed by atoms with van der Waals surface area (Å²) >= 11 is 0. The van der Waals surface area contributed by atoms with E-state index in [4.69, 9.17) is 14.2 Å². The third-order valence-corrected chi connectivity index (χ3v) is 3.98. The van der Waals surface area contributed by atoms with E-state index in [1.807, 2.05) is 36.4 Å². The lowest BCUT2D eigenvalue weighted by molar-refractivity contribution is 0.103. The van der Waals surface area contributed by atoms with Gasteiger partial charge < -0.3 is 14.2 Å². The van der Waals surface area contributed by atoms with E-state index in [1.165, 1.54) is 11.1 Å². The van der Waals surface area contributed by atoms with Gasteiger partial charge in [-0.05, 0) is 36.1 Å². The maximum Gasteiger partial charge on any atom is 0.124 e. The molecule has 0 aromatic heterocycles. The highest BCUT2D eigenvalue weighted by atomic mass is 16.5. The van der Waals surface area contributed by atoms with Crippen molar-refractivity contribution in [3.63, 3.8) is 0 Å². The maximum absolute atomic E-state index is 5.89. The summed E-state index contributed by atoms with van der Waals surface area (Å²) < 4.78 is 16.8. The van der Waals surface area contributed by atoms with E-state index >= 15 is 0 Å². The zero-order valence-corrected chi connectivity index (χ0v) is 15.1. The topological polar surface area (TPSA) is 27.7 Å². The first-order valence-corrected chi connectivity index (χ1v) is 8.33. The van der Waals surface area contributed by atoms with Crippen LogP contribution in [-0.2, 0) is 30.8 Å². The molecule has 0 amide bonds. The van der Waals surface area contributed by atoms with Crippen molar-refractivity contribution in [3.05, 3.63) is 84.0 Å². The number of rotatable bonds is 10. The molecule has 0 unspecified atom stereocenters. The molecule has 0 saturated carbocycles. The van der Waals surface area contributed by atoms with Gasteiger partial charge in [0.25, 0.3) is 0 Å². The molecule has 0 saturated heterocycles. The molecule has 25 heavy (non-hydrogen) atoms. The summed E-state index contributed by atoms with van der Waals surface area (Å²) in [6, 6.07) is 12.3. The summed E-state index contributed by atoms with van der Waals surface area (Å²) in [6.45, 7) is 8.50. The van der Waals surface area contributed by atoms with E-state index < -0.39 is 0 Å². The van der Waals surface area contributed by atoms with Crippen molar-refractivity contribution in [2.45, 2.75) is 26.1 Å². The molecule has 0 heterocycles. The van der Waals surface area contributed by atoms with E-state index in [0.29, 0.717) is 13.2 Å². The Labute approximate surface area is 150 Å². The Kier molecular flexibility index (Phi) is 7.30. The minimum absolute atomic E-state index is 0.481. The minimum atomic E-state index is 0.481. The lowest BCUT2D eigenvalue weighted by Gasteiger charge is -2.13. The van der Waals surface area contributed by atoms with Crippen molar-refractivity contribution < 1.29 is 14.2 Å². The van der Waals surface area contributed by atoms with Gasteiger partial charge in [0.05, 0.1) is 27.4 Å². The summed E-state index contributed by atoms with van der Waals surface area (Å²) in [5.74, 6) is 1.68. The zero-order chi connectivity index (χ0) is 18.1. The third kappa shape index (κ3) is 5.23. The van der Waals surface area contributed by atoms with E-state index in [2.05, 4.69) is 25.3 Å². The molecule has 0 N–H and O–H groups in total. The van der Waals surface area contributed by atoms with E-state index in [1.54, 1.807) is 14.2 Å². The summed E-state index contributed by atoms with van der Waals surface area (Å²) in [6.07, 6.45) is 5.41. The van der Waals surface area contributed by atoms with Crippen LogP contribution in [-0.4, -0.2) is 14.2 Å². The molecule has 0 bridgehead atoms. The minimum Gasteiger partial charge on any atom is -0.496 e. The molecule has 2 aromatic rings. The van der Waals surface area contributed by atoms with E-state index in [0.717, 1.165) is 35.5 Å². The van der Waals surface area contributed by atoms with Crippen LogP contribution >= 0.6 is 0 Å². The first-order chi connectivity index (χ1) is 12.2. The lowest BCUT2D eigenvalue weighted by Crippen LogP contribution is -2.00. The Morgan fingerprint density at radius 3 is 1.56 bits per heavy atom. The molecule has 2 rings (SSSR count). The van der Waals surface area contributed by atoms with Crippen LogP contribution in [0, 0.1) is 0 Å². The second-order valence-electron chi connectivity index (χ2n) is 5.77. The summed E-state index contributed by atoms with van der Waals surface area (Å²) in [4.78, 5) is 0. The fraction of sp³-hybridized carbons (Fsp3) is 0.273. The van der Waals surface area contributed by atoms with Gasteiger partial charge in [0.1, 0.15) is 11.5 Å². The van der Waals surface area contributed by atoms with Crippen molar-refractivity contribution in [1.82, 2.24) is 0 Å². The molecule has 3 nitrogen and oxygen atoms in total. The van der Waals surface area contributed by atoms with Crippen LogP contribution in [0.2, 0.25) is 0 Å². The molecule has 0 radical (unpaired) electrons. The second kappa shape index (κ2) is 9.70. The highest BCUT2D eigenvalue weighted by molar-refractivity contribution is 5.39. The molecule has 132 valence electrons. The fourth-order valence-corrected chi connectivity index (χ4v) is 2.67. The Balaban J connectivity index is 2.02. The van der Waals surface area contributed by atoms with Crippen molar-refractivity contribution in [3.8, 4) is 11.5 Å². The zero-order valence-electron chi connectivity index (χ0n) is 15.1. The average molecular weight is 338 g/mol. The lowest BCUT2D eigenvalue weighted by atomic mass is 10.1. The van der Waals surface area contributed by atoms with Crippen LogP contribution in [0.3, 0.4) is 0 Å². The van der Waals surface area contributed by atoms with Gasteiger partial charge in [-0.15, -0.1) is 13.2 Å². The van der Waals surface area contributed by atoms with Crippen LogP contribution in [0.4, 0.5) is 0 Å². The van der Waals surface area contributed by atoms with Crippen molar-refractivity contribution in [1.29, 1.82) is 0 Å². The Bertz CT molecular complexity index is 658. The molecule has 0 spiro atoms. The highest BCUT2D eigenvalue weighted by Crippen LogP contribution is 2.24. The van der Waals surface area contributed by atoms with E-state index in [-0.39, 0.29) is 0 Å². The van der Waals surface area contributed by atoms with Crippen LogP contribution in [0.25, 0.3) is 0 Å². The normalized spacial score (nSPS) is 10.3. The monoisotopic (exact) mass is 338 g/mol. The Morgan fingerprint density at radius 2 is 1.20 bits per heavy atom. The first-order valence-electron chi connectivity index (χ1n) is 8.33. The molecule has 0 aliphatic heterocycles. The van der Waals surface area contributed by atoms with Crippen LogP contribution < -0.4 is 9.47 Å². The predicted molar refractivity (Wildman–Crippen MR) is 102 cm³/mol. The highest BCUT2D eigenvalue weighted by Gasteiger charge is 2.07. The van der Waals surface area contributed by atoms with Gasteiger partial charge in [-0.25, -0.2) is 0 Å². The van der Waals surface area contributed by atoms with Gasteiger partial charge in [0.15, 0.2) is 0 Å². The summed E-state index contributed by atoms with van der Waals surface area (Å²) in [5.41, 5.74) is 4.40. The van der Waals surface area contributed by atoms with Gasteiger partial charge >= 0.3 is 0 Å². The second-order valence-corrected chi connectivity index (χ2v) is 5.77. The SMILES string of the molecule is C=CCc1ccc(COCc2ccc(CC=C)cc2OC)c(OC)c1. The number of methoxy groups -OCH3 is 2. The predicted octanol–water partition coefficient (Wildman–Crippen LogP) is 4.88. The molecule has 3 heteroatoms. The summed E-state index contributed by atoms with van der Waals surface area (Å²) in [7, 11) is 3.36. The number of hydrogen-bond acceptors (Lipinski definition) is 3. The summed E-state index contributed by atoms with van der Waals surface area (Å²) in [5, 5.41) is 0. The van der Waals surface area contributed by atoms with Gasteiger partial charge in [-0.1, -0.05) is 36.4 Å². The number of hydrogen-bond donors (Lipinski definition) is 0. The number of ether oxygens (including phenoxy) is 3. The maximum atomic E-state index is 5.89. The van der Waals surface area contributed by atoms with Crippen LogP contribution in [0.5, 0.6) is 11.5 Å². The van der Waals surface area contributed by atoms with Gasteiger partial charge in [0.2, 0.25) is 0 Å². The van der Waals surface area contributed by atoms with Crippen molar-refractivity contribution in [2.24, 2.45) is 0 Å². The smallest absolute Gasteiger partial charge is 0.124 e. The molecule has 0 aliphatic rings. The van der Waals surface area contributed by atoms with E-state index in [9.17, 15) is 0 Å². The van der Waals surface area contributed by atoms with Crippen LogP contribution in [0.1, 0.15) is 22.3 Å². The molecule has 2 aromatic carbocycles. The molecular weight excluding hydrogens is 312 g/mol. The number of allylic oxidation sites excluding steroid dienone is 2. The average Bonchev–Trinajstić information content (AvgIpc) is 2.64. The standard InChI is InChI=1S/C22H26O3/c1-5-7-17-9-11-19(21(13-17)23-3)15-25-16-20-12-10-18(8-6-2)14-22(20)24-4/h5-6,9-14H,1-2,7-8,15-16H2,3-4H3. The molecule has 0 atom stereocenters. The van der Waals surface area contributed by atoms with Gasteiger partial charge in [0, 0.05) is 11.1 Å². The molecular formula is C22H26O3. The Hall–Kier alpha value is -2.52. The quantitative estimate of drug-likeness (QED) is 0.578. The Morgan fingerprint density at radius 1 is 0.760 bits per heavy atom. The molecule has 0 fully saturated rings. The van der Waals surface area contributed by atoms with Crippen molar-refractivity contribution in [2.75, 3.05) is 14.2 Å². The largest absolute Gasteiger partial charge is 0.496 e. The third-order valence-electron chi connectivity index (χ3n) is 3.98.